The molecule has 3 aromatic rings. The molecule has 0 amide bonds. The Morgan fingerprint density at radius 3 is 0.904 bits per heavy atom. The maximum atomic E-state index is 3.97. The number of unbranched alkanes of at least 4 members (excludes halogenated alkanes) is 18. The molecule has 286 valence electrons. The van der Waals surface area contributed by atoms with Crippen LogP contribution in [0.5, 0.6) is 0 Å². The van der Waals surface area contributed by atoms with E-state index in [4.69, 9.17) is 0 Å². The highest BCUT2D eigenvalue weighted by Gasteiger charge is 2.47. The van der Waals surface area contributed by atoms with Gasteiger partial charge < -0.3 is 0 Å². The van der Waals surface area contributed by atoms with E-state index in [2.05, 4.69) is 108 Å². The third-order valence-corrected chi connectivity index (χ3v) is 14.1. The molecule has 0 fully saturated rings. The predicted octanol–water partition coefficient (Wildman–Crippen LogP) is 18.0. The normalized spacial score (nSPS) is 14.7. The first kappa shape index (κ1) is 41.8. The van der Waals surface area contributed by atoms with E-state index < -0.39 is 0 Å². The zero-order valence-electron chi connectivity index (χ0n) is 33.8. The van der Waals surface area contributed by atoms with Crippen molar-refractivity contribution in [3.63, 3.8) is 0 Å². The summed E-state index contributed by atoms with van der Waals surface area (Å²) in [6.45, 7) is 9.36. The van der Waals surface area contributed by atoms with E-state index in [-0.39, 0.29) is 10.8 Å². The maximum Gasteiger partial charge on any atom is 0.0215 e. The molecule has 2 aliphatic rings. The minimum absolute atomic E-state index is 0.0973. The third-order valence-electron chi connectivity index (χ3n) is 13.1. The largest absolute Gasteiger partial charge is 0.0654 e. The van der Waals surface area contributed by atoms with Gasteiger partial charge >= 0.3 is 0 Å². The van der Waals surface area contributed by atoms with E-state index >= 15 is 0 Å². The van der Waals surface area contributed by atoms with Gasteiger partial charge in [0.1, 0.15) is 0 Å². The maximum absolute atomic E-state index is 3.97. The second-order valence-corrected chi connectivity index (χ2v) is 18.7. The Kier molecular flexibility index (Phi) is 16.9. The van der Waals surface area contributed by atoms with E-state index in [9.17, 15) is 0 Å². The number of hydrogen-bond donors (Lipinski definition) is 0. The molecular formula is C50H72Br2. The van der Waals surface area contributed by atoms with Gasteiger partial charge in [0.25, 0.3) is 0 Å². The van der Waals surface area contributed by atoms with Crippen LogP contribution in [0.3, 0.4) is 0 Å². The van der Waals surface area contributed by atoms with Gasteiger partial charge in [-0.15, -0.1) is 0 Å². The Hall–Kier alpha value is -1.38. The van der Waals surface area contributed by atoms with Crippen LogP contribution in [0, 0.1) is 0 Å². The number of rotatable bonds is 26. The lowest BCUT2D eigenvalue weighted by atomic mass is 9.68. The highest BCUT2D eigenvalue weighted by molar-refractivity contribution is 9.10. The Labute approximate surface area is 337 Å². The van der Waals surface area contributed by atoms with Gasteiger partial charge in [-0.05, 0) is 107 Å². The van der Waals surface area contributed by atoms with Crippen molar-refractivity contribution in [3.8, 4) is 22.3 Å². The molecule has 0 aliphatic heterocycles. The van der Waals surface area contributed by atoms with Gasteiger partial charge in [-0.1, -0.05) is 213 Å². The van der Waals surface area contributed by atoms with E-state index in [0.29, 0.717) is 0 Å². The molecule has 5 rings (SSSR count). The fourth-order valence-corrected chi connectivity index (χ4v) is 10.9. The monoisotopic (exact) mass is 830 g/mol. The first-order valence-electron chi connectivity index (χ1n) is 22.3. The van der Waals surface area contributed by atoms with Crippen LogP contribution in [0.2, 0.25) is 0 Å². The molecule has 0 saturated heterocycles. The minimum Gasteiger partial charge on any atom is -0.0654 e. The van der Waals surface area contributed by atoms with Crippen LogP contribution in [0.4, 0.5) is 0 Å². The molecule has 3 aromatic carbocycles. The van der Waals surface area contributed by atoms with E-state index in [0.717, 1.165) is 0 Å². The van der Waals surface area contributed by atoms with Gasteiger partial charge in [-0.2, -0.15) is 0 Å². The van der Waals surface area contributed by atoms with Gasteiger partial charge in [0.15, 0.2) is 0 Å². The predicted molar refractivity (Wildman–Crippen MR) is 237 cm³/mol. The van der Waals surface area contributed by atoms with Crippen molar-refractivity contribution in [2.24, 2.45) is 0 Å². The van der Waals surface area contributed by atoms with Crippen molar-refractivity contribution < 1.29 is 0 Å². The fourth-order valence-electron chi connectivity index (χ4n) is 10.2. The smallest absolute Gasteiger partial charge is 0.0215 e. The summed E-state index contributed by atoms with van der Waals surface area (Å²) in [5.41, 5.74) is 12.9. The molecular weight excluding hydrogens is 760 g/mol. The average molecular weight is 833 g/mol. The average Bonchev–Trinajstić information content (AvgIpc) is 3.55. The van der Waals surface area contributed by atoms with Crippen LogP contribution < -0.4 is 0 Å². The van der Waals surface area contributed by atoms with Crippen LogP contribution >= 0.6 is 31.9 Å². The quantitative estimate of drug-likeness (QED) is 0.0707. The second kappa shape index (κ2) is 21.1. The van der Waals surface area contributed by atoms with Crippen molar-refractivity contribution in [3.05, 3.63) is 79.7 Å². The SMILES string of the molecule is CCCCCCCCC1(CCCCCCCC)c2cc(Br)ccc2-c2cc3c(cc21)-c1ccc(Br)cc1C3(CCCCCCC)CCCCCCC. The molecule has 0 heterocycles. The van der Waals surface area contributed by atoms with Crippen molar-refractivity contribution >= 4 is 31.9 Å². The third kappa shape index (κ3) is 9.70. The zero-order chi connectivity index (χ0) is 36.8. The molecule has 0 spiro atoms. The van der Waals surface area contributed by atoms with Crippen LogP contribution in [-0.4, -0.2) is 0 Å². The first-order valence-corrected chi connectivity index (χ1v) is 23.8. The van der Waals surface area contributed by atoms with Crippen molar-refractivity contribution in [2.75, 3.05) is 0 Å². The van der Waals surface area contributed by atoms with E-state index in [1.54, 1.807) is 33.4 Å². The molecule has 0 aromatic heterocycles. The van der Waals surface area contributed by atoms with Crippen LogP contribution in [0.15, 0.2) is 57.5 Å². The van der Waals surface area contributed by atoms with Crippen molar-refractivity contribution in [2.45, 2.75) is 205 Å². The molecule has 52 heavy (non-hydrogen) atoms. The Morgan fingerprint density at radius 1 is 0.327 bits per heavy atom. The molecule has 0 nitrogen and oxygen atoms in total. The van der Waals surface area contributed by atoms with Crippen LogP contribution in [0.1, 0.15) is 217 Å². The van der Waals surface area contributed by atoms with E-state index in [1.165, 1.54) is 187 Å². The summed E-state index contributed by atoms with van der Waals surface area (Å²) in [5.74, 6) is 0. The van der Waals surface area contributed by atoms with Crippen LogP contribution in [0.25, 0.3) is 22.3 Å². The Bertz CT molecular complexity index is 1500. The lowest BCUT2D eigenvalue weighted by molar-refractivity contribution is 0.395. The molecule has 0 unspecified atom stereocenters. The Balaban J connectivity index is 1.61. The lowest BCUT2D eigenvalue weighted by Crippen LogP contribution is -2.27. The summed E-state index contributed by atoms with van der Waals surface area (Å²) < 4.78 is 2.48. The number of halogens is 2. The van der Waals surface area contributed by atoms with Gasteiger partial charge in [0, 0.05) is 19.8 Å². The lowest BCUT2D eigenvalue weighted by Gasteiger charge is -2.35. The summed E-state index contributed by atoms with van der Waals surface area (Å²) in [6.07, 6.45) is 34.8. The molecule has 0 N–H and O–H groups in total. The fraction of sp³-hybridized carbons (Fsp3) is 0.640. The van der Waals surface area contributed by atoms with E-state index in [1.807, 2.05) is 0 Å². The topological polar surface area (TPSA) is 0 Å². The first-order chi connectivity index (χ1) is 25.5. The summed E-state index contributed by atoms with van der Waals surface area (Å²) in [6, 6.07) is 20.2. The second-order valence-electron chi connectivity index (χ2n) is 16.9. The van der Waals surface area contributed by atoms with Crippen LogP contribution in [-0.2, 0) is 10.8 Å². The number of hydrogen-bond acceptors (Lipinski definition) is 0. The van der Waals surface area contributed by atoms with Crippen molar-refractivity contribution in [1.82, 2.24) is 0 Å². The van der Waals surface area contributed by atoms with Gasteiger partial charge in [0.2, 0.25) is 0 Å². The van der Waals surface area contributed by atoms with Gasteiger partial charge in [-0.25, -0.2) is 0 Å². The molecule has 2 aliphatic carbocycles. The summed E-state index contributed by atoms with van der Waals surface area (Å²) in [4.78, 5) is 0. The van der Waals surface area contributed by atoms with Crippen molar-refractivity contribution in [1.29, 1.82) is 0 Å². The van der Waals surface area contributed by atoms with Gasteiger partial charge in [-0.3, -0.25) is 0 Å². The number of benzene rings is 3. The molecule has 0 atom stereocenters. The molecule has 0 radical (unpaired) electrons. The molecule has 0 saturated carbocycles. The zero-order valence-corrected chi connectivity index (χ0v) is 36.9. The summed E-state index contributed by atoms with van der Waals surface area (Å²) in [7, 11) is 0. The van der Waals surface area contributed by atoms with Gasteiger partial charge in [0.05, 0.1) is 0 Å². The molecule has 0 bridgehead atoms. The number of fused-ring (bicyclic) bond motifs is 6. The highest BCUT2D eigenvalue weighted by atomic mass is 79.9. The highest BCUT2D eigenvalue weighted by Crippen LogP contribution is 2.61. The Morgan fingerprint density at radius 2 is 0.596 bits per heavy atom. The summed E-state index contributed by atoms with van der Waals surface area (Å²) >= 11 is 7.93. The summed E-state index contributed by atoms with van der Waals surface area (Å²) in [5, 5.41) is 0. The standard InChI is InChI=1S/C50H72Br2/c1-5-9-13-17-21-25-33-50(34-26-22-18-14-10-6-2)46-36-40(52)28-30-42(46)44-37-47-43(38-48(44)50)41-29-27-39(51)35-45(41)49(47,31-23-19-15-11-7-3)32-24-20-16-12-8-4/h27-30,35-38H,5-26,31-34H2,1-4H3. The minimum atomic E-state index is 0.0973. The molecule has 2 heteroatoms.